The molecule has 0 fully saturated rings. The van der Waals surface area contributed by atoms with Crippen LogP contribution in [0.15, 0.2) is 12.5 Å². The van der Waals surface area contributed by atoms with E-state index in [-0.39, 0.29) is 6.42 Å². The lowest BCUT2D eigenvalue weighted by Crippen LogP contribution is -2.59. The Kier molecular flexibility index (Phi) is 12.1. The molecule has 0 aliphatic carbocycles. The summed E-state index contributed by atoms with van der Waals surface area (Å²) in [6, 6.07) is -4.79. The van der Waals surface area contributed by atoms with Gasteiger partial charge in [-0.05, 0) is 24.3 Å². The van der Waals surface area contributed by atoms with E-state index in [1.807, 2.05) is 6.26 Å². The summed E-state index contributed by atoms with van der Waals surface area (Å²) < 4.78 is 0. The average Bonchev–Trinajstić information content (AvgIpc) is 3.26. The van der Waals surface area contributed by atoms with Crippen LogP contribution in [0.5, 0.6) is 0 Å². The van der Waals surface area contributed by atoms with Gasteiger partial charge in [0.25, 0.3) is 0 Å². The number of carbonyl (C=O) groups excluding carboxylic acids is 3. The van der Waals surface area contributed by atoms with Gasteiger partial charge in [-0.15, -0.1) is 0 Å². The highest BCUT2D eigenvalue weighted by molar-refractivity contribution is 7.98. The summed E-state index contributed by atoms with van der Waals surface area (Å²) in [5.74, 6) is -4.84. The second kappa shape index (κ2) is 14.2. The van der Waals surface area contributed by atoms with Crippen molar-refractivity contribution >= 4 is 41.4 Å². The molecule has 0 bridgehead atoms. The fourth-order valence-electron chi connectivity index (χ4n) is 2.91. The largest absolute Gasteiger partial charge is 0.481 e. The van der Waals surface area contributed by atoms with Crippen molar-refractivity contribution in [1.82, 2.24) is 25.9 Å². The number of nitrogens with zero attached hydrogens (tertiary/aromatic N) is 1. The molecule has 4 unspecified atom stereocenters. The summed E-state index contributed by atoms with van der Waals surface area (Å²) in [4.78, 5) is 67.2. The summed E-state index contributed by atoms with van der Waals surface area (Å²) in [6.07, 6.45) is 4.39. The van der Waals surface area contributed by atoms with Crippen molar-refractivity contribution in [1.29, 1.82) is 0 Å². The van der Waals surface area contributed by atoms with Gasteiger partial charge in [0.15, 0.2) is 0 Å². The van der Waals surface area contributed by atoms with Crippen molar-refractivity contribution in [3.05, 3.63) is 18.2 Å². The number of thioether (sulfide) groups is 1. The number of carboxylic acids is 2. The van der Waals surface area contributed by atoms with Gasteiger partial charge in [0, 0.05) is 18.3 Å². The Hall–Kier alpha value is -3.13. The Labute approximate surface area is 201 Å². The number of amides is 3. The summed E-state index contributed by atoms with van der Waals surface area (Å²) in [7, 11) is 0. The Morgan fingerprint density at radius 3 is 2.21 bits per heavy atom. The Bertz CT molecular complexity index is 848. The molecule has 1 aromatic rings. The predicted octanol–water partition coefficient (Wildman–Crippen LogP) is -1.30. The Morgan fingerprint density at radius 1 is 1.06 bits per heavy atom. The first kappa shape index (κ1) is 28.9. The normalized spacial score (nSPS) is 14.5. The first-order chi connectivity index (χ1) is 16.0. The number of carboxylic acid groups (broad SMARTS) is 2. The molecule has 8 N–H and O–H groups in total. The van der Waals surface area contributed by atoms with Gasteiger partial charge >= 0.3 is 11.9 Å². The van der Waals surface area contributed by atoms with Crippen LogP contribution in [-0.2, 0) is 30.4 Å². The van der Waals surface area contributed by atoms with E-state index in [4.69, 9.17) is 10.8 Å². The summed E-state index contributed by atoms with van der Waals surface area (Å²) in [5.41, 5.74) is 6.45. The number of aromatic nitrogens is 2. The minimum Gasteiger partial charge on any atom is -0.481 e. The van der Waals surface area contributed by atoms with E-state index in [2.05, 4.69) is 25.9 Å². The number of rotatable bonds is 15. The quantitative estimate of drug-likeness (QED) is 0.151. The predicted molar refractivity (Wildman–Crippen MR) is 124 cm³/mol. The lowest BCUT2D eigenvalue weighted by atomic mass is 10.0. The van der Waals surface area contributed by atoms with E-state index in [9.17, 15) is 29.1 Å². The average molecular weight is 501 g/mol. The van der Waals surface area contributed by atoms with Crippen LogP contribution in [0.1, 0.15) is 32.4 Å². The second-order valence-electron chi connectivity index (χ2n) is 7.96. The van der Waals surface area contributed by atoms with E-state index in [0.717, 1.165) is 0 Å². The molecule has 0 saturated heterocycles. The molecule has 190 valence electrons. The second-order valence-corrected chi connectivity index (χ2v) is 8.94. The molecule has 1 rings (SSSR count). The van der Waals surface area contributed by atoms with Crippen LogP contribution in [0, 0.1) is 5.92 Å². The number of nitrogens with two attached hydrogens (primary N) is 1. The molecule has 0 spiro atoms. The van der Waals surface area contributed by atoms with Crippen molar-refractivity contribution in [2.75, 3.05) is 12.0 Å². The minimum absolute atomic E-state index is 0.0377. The van der Waals surface area contributed by atoms with Crippen molar-refractivity contribution in [2.24, 2.45) is 11.7 Å². The lowest BCUT2D eigenvalue weighted by molar-refractivity contribution is -0.147. The highest BCUT2D eigenvalue weighted by atomic mass is 32.2. The van der Waals surface area contributed by atoms with Crippen LogP contribution in [0.25, 0.3) is 0 Å². The van der Waals surface area contributed by atoms with Crippen LogP contribution >= 0.6 is 11.8 Å². The molecule has 13 nitrogen and oxygen atoms in total. The summed E-state index contributed by atoms with van der Waals surface area (Å²) in [5, 5.41) is 25.3. The number of nitrogens with one attached hydrogen (secondary N) is 4. The maximum atomic E-state index is 13.1. The third-order valence-corrected chi connectivity index (χ3v) is 5.47. The highest BCUT2D eigenvalue weighted by Gasteiger charge is 2.32. The number of carbonyl (C=O) groups is 5. The smallest absolute Gasteiger partial charge is 0.326 e. The Balaban J connectivity index is 3.00. The molecule has 1 heterocycles. The zero-order chi connectivity index (χ0) is 25.8. The molecule has 34 heavy (non-hydrogen) atoms. The molecule has 0 aliphatic rings. The van der Waals surface area contributed by atoms with E-state index in [0.29, 0.717) is 17.9 Å². The van der Waals surface area contributed by atoms with Gasteiger partial charge in [0.2, 0.25) is 17.7 Å². The maximum Gasteiger partial charge on any atom is 0.326 e. The number of aromatic amines is 1. The van der Waals surface area contributed by atoms with Gasteiger partial charge in [-0.2, -0.15) is 11.8 Å². The van der Waals surface area contributed by atoms with E-state index in [1.165, 1.54) is 24.3 Å². The fraction of sp³-hybridized carbons (Fsp3) is 0.600. The molecule has 3 amide bonds. The third-order valence-electron chi connectivity index (χ3n) is 4.82. The van der Waals surface area contributed by atoms with Crippen molar-refractivity contribution in [2.45, 2.75) is 57.3 Å². The van der Waals surface area contributed by atoms with Gasteiger partial charge in [-0.3, -0.25) is 19.2 Å². The molecule has 0 aromatic carbocycles. The van der Waals surface area contributed by atoms with Crippen LogP contribution in [0.4, 0.5) is 0 Å². The van der Waals surface area contributed by atoms with Crippen molar-refractivity contribution in [3.8, 4) is 0 Å². The van der Waals surface area contributed by atoms with Gasteiger partial charge in [-0.1, -0.05) is 13.8 Å². The summed E-state index contributed by atoms with van der Waals surface area (Å²) in [6.45, 7) is 3.25. The minimum atomic E-state index is -1.67. The van der Waals surface area contributed by atoms with Gasteiger partial charge in [0.05, 0.1) is 18.8 Å². The van der Waals surface area contributed by atoms with Gasteiger partial charge in [-0.25, -0.2) is 9.78 Å². The molecular weight excluding hydrogens is 468 g/mol. The first-order valence-electron chi connectivity index (χ1n) is 10.5. The molecule has 14 heteroatoms. The fourth-order valence-corrected chi connectivity index (χ4v) is 3.39. The lowest BCUT2D eigenvalue weighted by Gasteiger charge is -2.26. The first-order valence-corrected chi connectivity index (χ1v) is 11.9. The number of H-pyrrole nitrogens is 1. The van der Waals surface area contributed by atoms with Crippen LogP contribution in [0.2, 0.25) is 0 Å². The SMILES string of the molecule is CSCCC(N)C(=O)NC(Cc1cnc[nH]1)C(=O)NC(C(=O)NC(CC(=O)O)C(=O)O)C(C)C. The molecule has 0 radical (unpaired) electrons. The molecule has 0 saturated carbocycles. The van der Waals surface area contributed by atoms with E-state index in [1.54, 1.807) is 13.8 Å². The molecule has 4 atom stereocenters. The zero-order valence-electron chi connectivity index (χ0n) is 19.2. The standard InChI is InChI=1S/C20H32N6O7S/c1-10(2)16(19(31)25-14(20(32)33)7-15(27)28)26-18(30)13(6-11-8-22-9-23-11)24-17(29)12(21)4-5-34-3/h8-10,12-14,16H,4-7,21H2,1-3H3,(H,22,23)(H,24,29)(H,25,31)(H,26,30)(H,27,28)(H,32,33). The van der Waals surface area contributed by atoms with E-state index >= 15 is 0 Å². The Morgan fingerprint density at radius 2 is 1.71 bits per heavy atom. The van der Waals surface area contributed by atoms with Crippen molar-refractivity contribution in [3.63, 3.8) is 0 Å². The topological polar surface area (TPSA) is 217 Å². The summed E-state index contributed by atoms with van der Waals surface area (Å²) >= 11 is 1.53. The van der Waals surface area contributed by atoms with Gasteiger partial charge < -0.3 is 36.9 Å². The monoisotopic (exact) mass is 500 g/mol. The number of aliphatic carboxylic acids is 2. The maximum absolute atomic E-state index is 13.1. The number of imidazole rings is 1. The molecule has 0 aliphatic heterocycles. The van der Waals surface area contributed by atoms with Crippen LogP contribution < -0.4 is 21.7 Å². The zero-order valence-corrected chi connectivity index (χ0v) is 20.1. The highest BCUT2D eigenvalue weighted by Crippen LogP contribution is 2.07. The molecule has 1 aromatic heterocycles. The van der Waals surface area contributed by atoms with E-state index < -0.39 is 66.2 Å². The number of hydrogen-bond donors (Lipinski definition) is 7. The van der Waals surface area contributed by atoms with Crippen LogP contribution in [0.3, 0.4) is 0 Å². The third kappa shape index (κ3) is 9.79. The number of hydrogen-bond acceptors (Lipinski definition) is 8. The molecular formula is C20H32N6O7S. The van der Waals surface area contributed by atoms with Gasteiger partial charge in [0.1, 0.15) is 18.1 Å². The van der Waals surface area contributed by atoms with Crippen LogP contribution in [-0.4, -0.2) is 86.0 Å². The van der Waals surface area contributed by atoms with Crippen molar-refractivity contribution < 1.29 is 34.2 Å².